The lowest BCUT2D eigenvalue weighted by atomic mass is 10.1. The van der Waals surface area contributed by atoms with Crippen LogP contribution in [0.15, 0.2) is 30.5 Å². The number of aromatic nitrogens is 1. The number of rotatable bonds is 11. The molecule has 0 saturated carbocycles. The quantitative estimate of drug-likeness (QED) is 0.597. The summed E-state index contributed by atoms with van der Waals surface area (Å²) in [6, 6.07) is 8.08. The van der Waals surface area contributed by atoms with Gasteiger partial charge in [0.25, 0.3) is 0 Å². The second kappa shape index (κ2) is 10.1. The molecule has 24 heavy (non-hydrogen) atoms. The fourth-order valence-corrected chi connectivity index (χ4v) is 2.71. The Hall–Kier alpha value is -1.81. The number of benzene rings is 1. The van der Waals surface area contributed by atoms with Gasteiger partial charge in [0.15, 0.2) is 0 Å². The molecule has 1 heterocycles. The number of hydrogen-bond acceptors (Lipinski definition) is 4. The highest BCUT2D eigenvalue weighted by atomic mass is 16.5. The highest BCUT2D eigenvalue weighted by Crippen LogP contribution is 2.27. The van der Waals surface area contributed by atoms with Crippen molar-refractivity contribution < 1.29 is 4.74 Å². The van der Waals surface area contributed by atoms with E-state index in [1.165, 1.54) is 19.3 Å². The fraction of sp³-hybridized carbons (Fsp3) is 0.550. The summed E-state index contributed by atoms with van der Waals surface area (Å²) in [5.41, 5.74) is 2.06. The van der Waals surface area contributed by atoms with Gasteiger partial charge in [-0.1, -0.05) is 26.3 Å². The minimum atomic E-state index is 0.785. The van der Waals surface area contributed by atoms with Crippen molar-refractivity contribution in [3.8, 4) is 5.75 Å². The Morgan fingerprint density at radius 1 is 1.08 bits per heavy atom. The van der Waals surface area contributed by atoms with E-state index in [4.69, 9.17) is 4.74 Å². The molecule has 0 aliphatic heterocycles. The first kappa shape index (κ1) is 18.5. The number of nitrogens with one attached hydrogen (secondary N) is 2. The van der Waals surface area contributed by atoms with Crippen LogP contribution in [0.25, 0.3) is 10.9 Å². The van der Waals surface area contributed by atoms with Crippen LogP contribution in [0, 0.1) is 5.92 Å². The molecule has 0 radical (unpaired) electrons. The van der Waals surface area contributed by atoms with Gasteiger partial charge in [0, 0.05) is 24.2 Å². The van der Waals surface area contributed by atoms with E-state index in [1.54, 1.807) is 7.11 Å². The fourth-order valence-electron chi connectivity index (χ4n) is 2.71. The van der Waals surface area contributed by atoms with Gasteiger partial charge in [0.05, 0.1) is 18.3 Å². The maximum Gasteiger partial charge on any atom is 0.121 e. The Balaban J connectivity index is 1.72. The molecule has 4 nitrogen and oxygen atoms in total. The first-order valence-electron chi connectivity index (χ1n) is 9.08. The molecule has 0 aliphatic carbocycles. The minimum Gasteiger partial charge on any atom is -0.497 e. The van der Waals surface area contributed by atoms with Crippen LogP contribution in [0.3, 0.4) is 0 Å². The summed E-state index contributed by atoms with van der Waals surface area (Å²) in [6.45, 7) is 7.76. The van der Waals surface area contributed by atoms with E-state index in [1.807, 2.05) is 24.4 Å². The monoisotopic (exact) mass is 329 g/mol. The van der Waals surface area contributed by atoms with Crippen LogP contribution in [0.1, 0.15) is 39.5 Å². The molecule has 2 rings (SSSR count). The third-order valence-electron chi connectivity index (χ3n) is 4.16. The smallest absolute Gasteiger partial charge is 0.121 e. The van der Waals surface area contributed by atoms with Gasteiger partial charge in [-0.05, 0) is 50.4 Å². The molecule has 132 valence electrons. The molecule has 0 fully saturated rings. The second-order valence-electron chi connectivity index (χ2n) is 6.67. The van der Waals surface area contributed by atoms with Gasteiger partial charge >= 0.3 is 0 Å². The second-order valence-corrected chi connectivity index (χ2v) is 6.67. The van der Waals surface area contributed by atoms with E-state index in [-0.39, 0.29) is 0 Å². The summed E-state index contributed by atoms with van der Waals surface area (Å²) in [5.74, 6) is 1.65. The van der Waals surface area contributed by atoms with Crippen molar-refractivity contribution in [2.45, 2.75) is 39.5 Å². The van der Waals surface area contributed by atoms with Crippen molar-refractivity contribution in [1.82, 2.24) is 10.3 Å². The van der Waals surface area contributed by atoms with Gasteiger partial charge in [0.1, 0.15) is 5.75 Å². The van der Waals surface area contributed by atoms with Gasteiger partial charge in [-0.3, -0.25) is 4.98 Å². The lowest BCUT2D eigenvalue weighted by molar-refractivity contribution is 0.415. The highest BCUT2D eigenvalue weighted by molar-refractivity contribution is 5.91. The van der Waals surface area contributed by atoms with Gasteiger partial charge < -0.3 is 15.4 Å². The summed E-state index contributed by atoms with van der Waals surface area (Å²) in [5, 5.41) is 8.14. The Bertz CT molecular complexity index is 613. The predicted molar refractivity (Wildman–Crippen MR) is 103 cm³/mol. The molecule has 1 aromatic heterocycles. The average molecular weight is 329 g/mol. The van der Waals surface area contributed by atoms with E-state index in [2.05, 4.69) is 35.5 Å². The summed E-state index contributed by atoms with van der Waals surface area (Å²) in [4.78, 5) is 4.49. The Kier molecular flexibility index (Phi) is 7.83. The number of pyridine rings is 1. The Morgan fingerprint density at radius 2 is 1.92 bits per heavy atom. The van der Waals surface area contributed by atoms with E-state index in [9.17, 15) is 0 Å². The molecule has 2 N–H and O–H groups in total. The van der Waals surface area contributed by atoms with Crippen LogP contribution >= 0.6 is 0 Å². The lowest BCUT2D eigenvalue weighted by Gasteiger charge is -2.11. The van der Waals surface area contributed by atoms with Gasteiger partial charge in [-0.25, -0.2) is 0 Å². The van der Waals surface area contributed by atoms with E-state index < -0.39 is 0 Å². The number of ether oxygens (including phenoxy) is 1. The molecular weight excluding hydrogens is 298 g/mol. The van der Waals surface area contributed by atoms with E-state index in [0.717, 1.165) is 54.3 Å². The van der Waals surface area contributed by atoms with Gasteiger partial charge in [0.2, 0.25) is 0 Å². The summed E-state index contributed by atoms with van der Waals surface area (Å²) < 4.78 is 5.39. The third kappa shape index (κ3) is 6.00. The Labute approximate surface area is 146 Å². The van der Waals surface area contributed by atoms with Crippen molar-refractivity contribution in [3.05, 3.63) is 30.5 Å². The first-order chi connectivity index (χ1) is 11.7. The SMILES string of the molecule is COc1cc(NCCCCCNCCC(C)C)c2ncccc2c1. The third-order valence-corrected chi connectivity index (χ3v) is 4.16. The highest BCUT2D eigenvalue weighted by Gasteiger charge is 2.05. The maximum absolute atomic E-state index is 5.39. The maximum atomic E-state index is 5.39. The number of nitrogens with zero attached hydrogens (tertiary/aromatic N) is 1. The largest absolute Gasteiger partial charge is 0.497 e. The van der Waals surface area contributed by atoms with Crippen molar-refractivity contribution in [1.29, 1.82) is 0 Å². The molecule has 4 heteroatoms. The summed E-state index contributed by atoms with van der Waals surface area (Å²) >= 11 is 0. The normalized spacial score (nSPS) is 11.2. The van der Waals surface area contributed by atoms with Crippen molar-refractivity contribution in [2.24, 2.45) is 5.92 Å². The zero-order valence-corrected chi connectivity index (χ0v) is 15.3. The average Bonchev–Trinajstić information content (AvgIpc) is 2.59. The molecule has 0 aliphatic rings. The van der Waals surface area contributed by atoms with Crippen LogP contribution in [-0.2, 0) is 0 Å². The standard InChI is InChI=1S/C20H31N3O/c1-16(2)9-13-21-10-5-4-6-11-22-19-15-18(24-3)14-17-8-7-12-23-20(17)19/h7-8,12,14-16,21-22H,4-6,9-11,13H2,1-3H3. The van der Waals surface area contributed by atoms with Crippen LogP contribution in [0.5, 0.6) is 5.75 Å². The molecule has 0 amide bonds. The number of hydrogen-bond donors (Lipinski definition) is 2. The van der Waals surface area contributed by atoms with Crippen molar-refractivity contribution in [3.63, 3.8) is 0 Å². The van der Waals surface area contributed by atoms with Crippen LogP contribution < -0.4 is 15.4 Å². The van der Waals surface area contributed by atoms with Crippen LogP contribution in [0.4, 0.5) is 5.69 Å². The predicted octanol–water partition coefficient (Wildman–Crippen LogP) is 4.46. The molecular formula is C20H31N3O. The number of methoxy groups -OCH3 is 1. The molecule has 0 atom stereocenters. The van der Waals surface area contributed by atoms with E-state index >= 15 is 0 Å². The van der Waals surface area contributed by atoms with Crippen molar-refractivity contribution >= 4 is 16.6 Å². The number of anilines is 1. The van der Waals surface area contributed by atoms with Gasteiger partial charge in [-0.2, -0.15) is 0 Å². The van der Waals surface area contributed by atoms with Crippen LogP contribution in [-0.4, -0.2) is 31.7 Å². The van der Waals surface area contributed by atoms with Crippen LogP contribution in [0.2, 0.25) is 0 Å². The van der Waals surface area contributed by atoms with Crippen molar-refractivity contribution in [2.75, 3.05) is 32.1 Å². The van der Waals surface area contributed by atoms with E-state index in [0.29, 0.717) is 0 Å². The molecule has 0 bridgehead atoms. The topological polar surface area (TPSA) is 46.2 Å². The molecule has 2 aromatic rings. The minimum absolute atomic E-state index is 0.785. The first-order valence-corrected chi connectivity index (χ1v) is 9.08. The Morgan fingerprint density at radius 3 is 2.71 bits per heavy atom. The lowest BCUT2D eigenvalue weighted by Crippen LogP contribution is -2.18. The zero-order valence-electron chi connectivity index (χ0n) is 15.3. The molecule has 0 saturated heterocycles. The van der Waals surface area contributed by atoms with Gasteiger partial charge in [-0.15, -0.1) is 0 Å². The zero-order chi connectivity index (χ0) is 17.2. The number of fused-ring (bicyclic) bond motifs is 1. The summed E-state index contributed by atoms with van der Waals surface area (Å²) in [6.07, 6.45) is 6.73. The molecule has 0 unspecified atom stereocenters. The molecule has 1 aromatic carbocycles. The summed E-state index contributed by atoms with van der Waals surface area (Å²) in [7, 11) is 1.70. The molecule has 0 spiro atoms. The number of unbranched alkanes of at least 4 members (excludes halogenated alkanes) is 2.